The molecular formula is C10H12BrClF2N2. The summed E-state index contributed by atoms with van der Waals surface area (Å²) in [5.41, 5.74) is 0.818. The molecule has 0 atom stereocenters. The number of rotatable bonds is 6. The van der Waals surface area contributed by atoms with Gasteiger partial charge >= 0.3 is 0 Å². The molecule has 0 aliphatic carbocycles. The summed E-state index contributed by atoms with van der Waals surface area (Å²) >= 11 is 9.16. The van der Waals surface area contributed by atoms with Crippen molar-refractivity contribution in [3.63, 3.8) is 0 Å². The number of nitrogens with zero attached hydrogens (tertiary/aromatic N) is 2. The first kappa shape index (κ1) is 13.8. The zero-order valence-corrected chi connectivity index (χ0v) is 10.9. The van der Waals surface area contributed by atoms with Crippen LogP contribution in [0.1, 0.15) is 5.56 Å². The molecule has 6 heteroatoms. The average molecular weight is 314 g/mol. The Kier molecular flexibility index (Phi) is 6.16. The van der Waals surface area contributed by atoms with Crippen LogP contribution in [0.3, 0.4) is 0 Å². The van der Waals surface area contributed by atoms with Crippen LogP contribution in [0.4, 0.5) is 8.78 Å². The quantitative estimate of drug-likeness (QED) is 0.750. The van der Waals surface area contributed by atoms with E-state index < -0.39 is 6.43 Å². The summed E-state index contributed by atoms with van der Waals surface area (Å²) in [5, 5.41) is 1.17. The predicted octanol–water partition coefficient (Wildman–Crippen LogP) is 3.20. The molecule has 0 saturated heterocycles. The van der Waals surface area contributed by atoms with Crippen molar-refractivity contribution in [2.75, 3.05) is 18.4 Å². The lowest BCUT2D eigenvalue weighted by molar-refractivity contribution is 0.0881. The molecule has 90 valence electrons. The van der Waals surface area contributed by atoms with E-state index >= 15 is 0 Å². The van der Waals surface area contributed by atoms with E-state index in [1.54, 1.807) is 17.2 Å². The Morgan fingerprint density at radius 2 is 2.25 bits per heavy atom. The zero-order valence-electron chi connectivity index (χ0n) is 8.54. The van der Waals surface area contributed by atoms with Crippen molar-refractivity contribution < 1.29 is 8.78 Å². The van der Waals surface area contributed by atoms with Gasteiger partial charge in [-0.15, -0.1) is 0 Å². The molecule has 2 nitrogen and oxygen atoms in total. The lowest BCUT2D eigenvalue weighted by atomic mass is 10.2. The lowest BCUT2D eigenvalue weighted by Gasteiger charge is -2.21. The van der Waals surface area contributed by atoms with E-state index in [2.05, 4.69) is 20.9 Å². The number of aromatic nitrogens is 1. The van der Waals surface area contributed by atoms with Crippen LogP contribution in [0, 0.1) is 0 Å². The minimum Gasteiger partial charge on any atom is -0.293 e. The highest BCUT2D eigenvalue weighted by molar-refractivity contribution is 9.09. The molecule has 0 amide bonds. The van der Waals surface area contributed by atoms with Crippen molar-refractivity contribution in [1.29, 1.82) is 0 Å². The van der Waals surface area contributed by atoms with Gasteiger partial charge in [0.25, 0.3) is 6.43 Å². The fourth-order valence-corrected chi connectivity index (χ4v) is 2.00. The first-order chi connectivity index (χ1) is 7.63. The molecule has 1 rings (SSSR count). The minimum atomic E-state index is -2.33. The second kappa shape index (κ2) is 7.14. The van der Waals surface area contributed by atoms with Crippen LogP contribution in [0.2, 0.25) is 5.02 Å². The second-order valence-electron chi connectivity index (χ2n) is 3.28. The molecule has 1 aromatic heterocycles. The number of hydrogen-bond donors (Lipinski definition) is 0. The molecule has 1 aromatic rings. The summed E-state index contributed by atoms with van der Waals surface area (Å²) in [6, 6.07) is 1.75. The molecule has 16 heavy (non-hydrogen) atoms. The highest BCUT2D eigenvalue weighted by Crippen LogP contribution is 2.16. The van der Waals surface area contributed by atoms with E-state index in [0.717, 1.165) is 5.56 Å². The molecule has 0 aliphatic heterocycles. The lowest BCUT2D eigenvalue weighted by Crippen LogP contribution is -2.30. The van der Waals surface area contributed by atoms with Crippen LogP contribution < -0.4 is 0 Å². The van der Waals surface area contributed by atoms with Gasteiger partial charge in [-0.3, -0.25) is 9.88 Å². The first-order valence-electron chi connectivity index (χ1n) is 4.78. The van der Waals surface area contributed by atoms with Crippen molar-refractivity contribution in [3.05, 3.63) is 29.0 Å². The molecule has 0 spiro atoms. The van der Waals surface area contributed by atoms with E-state index in [9.17, 15) is 8.78 Å². The molecule has 0 bridgehead atoms. The molecular weight excluding hydrogens is 301 g/mol. The Bertz CT molecular complexity index is 325. The number of halogens is 4. The van der Waals surface area contributed by atoms with Gasteiger partial charge in [0, 0.05) is 30.8 Å². The van der Waals surface area contributed by atoms with Gasteiger partial charge in [0.05, 0.1) is 11.6 Å². The van der Waals surface area contributed by atoms with Gasteiger partial charge in [-0.2, -0.15) is 0 Å². The van der Waals surface area contributed by atoms with Gasteiger partial charge < -0.3 is 0 Å². The van der Waals surface area contributed by atoms with Crippen LogP contribution in [0.15, 0.2) is 18.5 Å². The van der Waals surface area contributed by atoms with Crippen LogP contribution >= 0.6 is 27.5 Å². The Hall–Kier alpha value is -0.260. The van der Waals surface area contributed by atoms with Crippen LogP contribution in [0.5, 0.6) is 0 Å². The Labute approximate surface area is 107 Å². The smallest absolute Gasteiger partial charge is 0.251 e. The molecule has 0 fully saturated rings. The highest BCUT2D eigenvalue weighted by atomic mass is 79.9. The highest BCUT2D eigenvalue weighted by Gasteiger charge is 2.13. The van der Waals surface area contributed by atoms with Gasteiger partial charge in [-0.25, -0.2) is 8.78 Å². The van der Waals surface area contributed by atoms with Crippen LogP contribution in [0.25, 0.3) is 0 Å². The number of hydrogen-bond acceptors (Lipinski definition) is 2. The summed E-state index contributed by atoms with van der Waals surface area (Å²) in [7, 11) is 0. The van der Waals surface area contributed by atoms with E-state index in [0.29, 0.717) is 23.4 Å². The van der Waals surface area contributed by atoms with Crippen molar-refractivity contribution in [1.82, 2.24) is 9.88 Å². The third-order valence-corrected chi connectivity index (χ3v) is 2.74. The Morgan fingerprint density at radius 1 is 1.50 bits per heavy atom. The maximum atomic E-state index is 12.3. The Morgan fingerprint density at radius 3 is 2.81 bits per heavy atom. The van der Waals surface area contributed by atoms with E-state index in [4.69, 9.17) is 11.6 Å². The summed E-state index contributed by atoms with van der Waals surface area (Å²) in [6.07, 6.45) is 0.793. The minimum absolute atomic E-state index is 0.246. The van der Waals surface area contributed by atoms with Crippen molar-refractivity contribution in [2.45, 2.75) is 13.0 Å². The maximum Gasteiger partial charge on any atom is 0.251 e. The summed E-state index contributed by atoms with van der Waals surface area (Å²) < 4.78 is 24.6. The molecule has 1 heterocycles. The second-order valence-corrected chi connectivity index (χ2v) is 4.48. The maximum absolute atomic E-state index is 12.3. The third-order valence-electron chi connectivity index (χ3n) is 2.05. The van der Waals surface area contributed by atoms with Gasteiger partial charge in [-0.1, -0.05) is 27.5 Å². The Balaban J connectivity index is 2.64. The molecule has 0 aliphatic rings. The van der Waals surface area contributed by atoms with E-state index in [1.165, 1.54) is 6.20 Å². The third kappa shape index (κ3) is 4.72. The predicted molar refractivity (Wildman–Crippen MR) is 64.3 cm³/mol. The zero-order chi connectivity index (χ0) is 12.0. The normalized spacial score (nSPS) is 11.4. The van der Waals surface area contributed by atoms with Crippen molar-refractivity contribution in [2.24, 2.45) is 0 Å². The molecule has 0 unspecified atom stereocenters. The molecule has 0 aromatic carbocycles. The van der Waals surface area contributed by atoms with Gasteiger partial charge in [-0.05, 0) is 11.6 Å². The molecule has 0 N–H and O–H groups in total. The SMILES string of the molecule is FC(F)CN(CCBr)Cc1ccncc1Cl. The van der Waals surface area contributed by atoms with Crippen LogP contribution in [-0.4, -0.2) is 34.7 Å². The first-order valence-corrected chi connectivity index (χ1v) is 6.28. The van der Waals surface area contributed by atoms with Gasteiger partial charge in [0.15, 0.2) is 0 Å². The van der Waals surface area contributed by atoms with Crippen molar-refractivity contribution in [3.8, 4) is 0 Å². The fourth-order valence-electron chi connectivity index (χ4n) is 1.32. The topological polar surface area (TPSA) is 16.1 Å². The van der Waals surface area contributed by atoms with Gasteiger partial charge in [0.1, 0.15) is 0 Å². The summed E-state index contributed by atoms with van der Waals surface area (Å²) in [6.45, 7) is 0.727. The average Bonchev–Trinajstić information content (AvgIpc) is 2.21. The van der Waals surface area contributed by atoms with Crippen molar-refractivity contribution >= 4 is 27.5 Å². The fraction of sp³-hybridized carbons (Fsp3) is 0.500. The van der Waals surface area contributed by atoms with Crippen LogP contribution in [-0.2, 0) is 6.54 Å². The summed E-state index contributed by atoms with van der Waals surface area (Å²) in [4.78, 5) is 5.50. The standard InChI is InChI=1S/C10H12BrClF2N2/c11-2-4-16(7-10(13)14)6-8-1-3-15-5-9(8)12/h1,3,5,10H,2,4,6-7H2. The molecule has 0 radical (unpaired) electrons. The van der Waals surface area contributed by atoms with Gasteiger partial charge in [0.2, 0.25) is 0 Å². The largest absolute Gasteiger partial charge is 0.293 e. The number of alkyl halides is 3. The number of pyridine rings is 1. The monoisotopic (exact) mass is 312 g/mol. The van der Waals surface area contributed by atoms with E-state index in [-0.39, 0.29) is 6.54 Å². The molecule has 0 saturated carbocycles. The summed E-state index contributed by atoms with van der Waals surface area (Å²) in [5.74, 6) is 0. The van der Waals surface area contributed by atoms with E-state index in [1.807, 2.05) is 0 Å².